The molecular formula is C35H38NS+. The van der Waals surface area contributed by atoms with Gasteiger partial charge in [0.2, 0.25) is 5.69 Å². The molecule has 4 aromatic carbocycles. The molecule has 5 aromatic rings. The molecule has 0 saturated heterocycles. The Bertz CT molecular complexity index is 1760. The van der Waals surface area contributed by atoms with Gasteiger partial charge in [0.1, 0.15) is 7.05 Å². The van der Waals surface area contributed by atoms with Gasteiger partial charge < -0.3 is 0 Å². The number of benzene rings is 4. The molecule has 1 aliphatic rings. The first-order chi connectivity index (χ1) is 17.3. The first-order valence-electron chi connectivity index (χ1n) is 13.5. The Kier molecular flexibility index (Phi) is 5.35. The second-order valence-corrected chi connectivity index (χ2v) is 14.3. The average molecular weight is 505 g/mol. The summed E-state index contributed by atoms with van der Waals surface area (Å²) in [4.78, 5) is 2.82. The fourth-order valence-corrected chi connectivity index (χ4v) is 8.01. The van der Waals surface area contributed by atoms with Crippen LogP contribution in [0.25, 0.3) is 43.6 Å². The molecule has 0 bridgehead atoms. The van der Waals surface area contributed by atoms with Gasteiger partial charge in [0.25, 0.3) is 0 Å². The summed E-state index contributed by atoms with van der Waals surface area (Å²) in [5, 5.41) is 8.33. The van der Waals surface area contributed by atoms with Crippen molar-refractivity contribution < 1.29 is 4.57 Å². The number of fused-ring (bicyclic) bond motifs is 5. The van der Waals surface area contributed by atoms with E-state index >= 15 is 0 Å². The van der Waals surface area contributed by atoms with Crippen molar-refractivity contribution in [2.45, 2.75) is 77.0 Å². The van der Waals surface area contributed by atoms with Crippen LogP contribution in [0.4, 0.5) is 0 Å². The number of hydrogen-bond donors (Lipinski definition) is 0. The Balaban J connectivity index is 1.80. The first-order valence-corrected chi connectivity index (χ1v) is 14.3. The maximum Gasteiger partial charge on any atom is 0.222 e. The molecule has 2 heterocycles. The molecule has 1 aromatic heterocycles. The van der Waals surface area contributed by atoms with Gasteiger partial charge in [0, 0.05) is 21.2 Å². The summed E-state index contributed by atoms with van der Waals surface area (Å²) in [5.74, 6) is 0. The normalized spacial score (nSPS) is 13.5. The summed E-state index contributed by atoms with van der Waals surface area (Å²) in [5.41, 5.74) is 8.67. The van der Waals surface area contributed by atoms with E-state index in [2.05, 4.69) is 122 Å². The van der Waals surface area contributed by atoms with Gasteiger partial charge in [-0.05, 0) is 75.4 Å². The highest BCUT2D eigenvalue weighted by Crippen LogP contribution is 2.55. The molecule has 0 N–H and O–H groups in total. The number of nitrogens with zero attached hydrogens (tertiary/aromatic N) is 1. The van der Waals surface area contributed by atoms with Crippen LogP contribution in [0, 0.1) is 19.3 Å². The van der Waals surface area contributed by atoms with Crippen LogP contribution in [0.3, 0.4) is 0 Å². The van der Waals surface area contributed by atoms with Crippen molar-refractivity contribution in [1.29, 1.82) is 0 Å². The van der Waals surface area contributed by atoms with Crippen molar-refractivity contribution in [2.75, 3.05) is 0 Å². The summed E-state index contributed by atoms with van der Waals surface area (Å²) in [6, 6.07) is 18.8. The van der Waals surface area contributed by atoms with E-state index in [0.29, 0.717) is 0 Å². The Morgan fingerprint density at radius 1 is 0.784 bits per heavy atom. The van der Waals surface area contributed by atoms with Crippen LogP contribution in [0.15, 0.2) is 64.5 Å². The van der Waals surface area contributed by atoms with Crippen LogP contribution in [-0.4, -0.2) is 0 Å². The molecule has 188 valence electrons. The molecule has 1 aliphatic heterocycles. The van der Waals surface area contributed by atoms with Crippen LogP contribution < -0.4 is 4.57 Å². The van der Waals surface area contributed by atoms with Crippen molar-refractivity contribution in [2.24, 2.45) is 12.5 Å². The second-order valence-electron chi connectivity index (χ2n) is 13.3. The minimum Gasteiger partial charge on any atom is -0.200 e. The summed E-state index contributed by atoms with van der Waals surface area (Å²) in [6.45, 7) is 18.7. The van der Waals surface area contributed by atoms with Gasteiger partial charge in [-0.1, -0.05) is 95.3 Å². The standard InChI is InChI=1S/C35H38NS/c1-20-13-14-25-26(17-20)21(2)29-32-30-24(15-16-36(32)9)23-12-10-11-22(19-34(3,4)5)27(23)18-28(30)37-33(29)31(25)35(6,7)8/h10-18H,19H2,1-9H3/q+1. The Morgan fingerprint density at radius 3 is 2.24 bits per heavy atom. The zero-order valence-corrected chi connectivity index (χ0v) is 24.6. The zero-order valence-electron chi connectivity index (χ0n) is 23.8. The predicted molar refractivity (Wildman–Crippen MR) is 161 cm³/mol. The molecule has 0 aliphatic carbocycles. The van der Waals surface area contributed by atoms with Gasteiger partial charge in [-0.2, -0.15) is 0 Å². The average Bonchev–Trinajstić information content (AvgIpc) is 2.79. The molecule has 37 heavy (non-hydrogen) atoms. The van der Waals surface area contributed by atoms with Crippen molar-refractivity contribution in [1.82, 2.24) is 0 Å². The maximum absolute atomic E-state index is 2.50. The van der Waals surface area contributed by atoms with Crippen LogP contribution in [0.1, 0.15) is 63.8 Å². The van der Waals surface area contributed by atoms with E-state index in [0.717, 1.165) is 6.42 Å². The number of rotatable bonds is 1. The zero-order chi connectivity index (χ0) is 26.4. The molecule has 0 atom stereocenters. The van der Waals surface area contributed by atoms with Gasteiger partial charge in [-0.15, -0.1) is 0 Å². The summed E-state index contributed by atoms with van der Waals surface area (Å²) in [6.07, 6.45) is 3.34. The Morgan fingerprint density at radius 2 is 1.54 bits per heavy atom. The monoisotopic (exact) mass is 504 g/mol. The third-order valence-electron chi connectivity index (χ3n) is 7.93. The fourth-order valence-electron chi connectivity index (χ4n) is 6.43. The maximum atomic E-state index is 2.50. The lowest BCUT2D eigenvalue weighted by Crippen LogP contribution is -2.32. The molecule has 0 saturated carbocycles. The van der Waals surface area contributed by atoms with E-state index in [4.69, 9.17) is 0 Å². The number of pyridine rings is 1. The van der Waals surface area contributed by atoms with E-state index in [1.807, 2.05) is 11.8 Å². The molecule has 0 radical (unpaired) electrons. The van der Waals surface area contributed by atoms with Crippen LogP contribution in [-0.2, 0) is 18.9 Å². The predicted octanol–water partition coefficient (Wildman–Crippen LogP) is 9.61. The van der Waals surface area contributed by atoms with E-state index in [1.165, 1.54) is 75.6 Å². The SMILES string of the molecule is Cc1ccc2c(C(C)(C)C)c3c(c(C)c2c1)-c1c2c(cc4c(CC(C)(C)C)cccc4c2cc[n+]1C)S3. The lowest BCUT2D eigenvalue weighted by molar-refractivity contribution is -0.659. The highest BCUT2D eigenvalue weighted by molar-refractivity contribution is 8.00. The minimum absolute atomic E-state index is 0.0243. The van der Waals surface area contributed by atoms with E-state index in [9.17, 15) is 0 Å². The molecule has 2 heteroatoms. The molecule has 6 rings (SSSR count). The number of aromatic nitrogens is 1. The van der Waals surface area contributed by atoms with Crippen LogP contribution >= 0.6 is 11.8 Å². The summed E-state index contributed by atoms with van der Waals surface area (Å²) < 4.78 is 2.36. The van der Waals surface area contributed by atoms with E-state index in [-0.39, 0.29) is 10.8 Å². The molecule has 0 fully saturated rings. The Hall–Kier alpha value is -2.84. The second kappa shape index (κ2) is 8.08. The lowest BCUT2D eigenvalue weighted by Gasteiger charge is -2.31. The molecule has 0 amide bonds. The molecule has 1 nitrogen and oxygen atoms in total. The van der Waals surface area contributed by atoms with E-state index in [1.54, 1.807) is 0 Å². The molecular weight excluding hydrogens is 466 g/mol. The largest absolute Gasteiger partial charge is 0.222 e. The van der Waals surface area contributed by atoms with E-state index < -0.39 is 0 Å². The molecule has 0 spiro atoms. The third kappa shape index (κ3) is 3.79. The highest BCUT2D eigenvalue weighted by atomic mass is 32.2. The Labute approximate surface area is 225 Å². The van der Waals surface area contributed by atoms with Crippen molar-refractivity contribution in [3.63, 3.8) is 0 Å². The highest BCUT2D eigenvalue weighted by Gasteiger charge is 2.35. The quantitative estimate of drug-likeness (QED) is 0.159. The summed E-state index contributed by atoms with van der Waals surface area (Å²) >= 11 is 2.00. The van der Waals surface area contributed by atoms with Gasteiger partial charge in [-0.25, -0.2) is 4.57 Å². The fraction of sp³-hybridized carbons (Fsp3) is 0.343. The van der Waals surface area contributed by atoms with Crippen molar-refractivity contribution in [3.8, 4) is 11.3 Å². The lowest BCUT2D eigenvalue weighted by atomic mass is 9.79. The topological polar surface area (TPSA) is 3.88 Å². The van der Waals surface area contributed by atoms with Gasteiger partial charge in [0.05, 0.1) is 10.9 Å². The van der Waals surface area contributed by atoms with Crippen molar-refractivity contribution in [3.05, 3.63) is 77.0 Å². The van der Waals surface area contributed by atoms with Crippen LogP contribution in [0.5, 0.6) is 0 Å². The molecule has 0 unspecified atom stereocenters. The van der Waals surface area contributed by atoms with Gasteiger partial charge in [0.15, 0.2) is 6.20 Å². The van der Waals surface area contributed by atoms with Gasteiger partial charge in [-0.3, -0.25) is 0 Å². The third-order valence-corrected chi connectivity index (χ3v) is 9.08. The van der Waals surface area contributed by atoms with Crippen LogP contribution in [0.2, 0.25) is 0 Å². The van der Waals surface area contributed by atoms with Crippen molar-refractivity contribution >= 4 is 44.1 Å². The van der Waals surface area contributed by atoms with Gasteiger partial charge >= 0.3 is 0 Å². The minimum atomic E-state index is 0.0243. The first kappa shape index (κ1) is 24.5. The number of aryl methyl sites for hydroxylation is 3. The smallest absolute Gasteiger partial charge is 0.200 e. The summed E-state index contributed by atoms with van der Waals surface area (Å²) in [7, 11) is 2.22. The number of hydrogen-bond acceptors (Lipinski definition) is 1.